The van der Waals surface area contributed by atoms with E-state index in [4.69, 9.17) is 51.1 Å². The fourth-order valence-electron chi connectivity index (χ4n) is 6.50. The average Bonchev–Trinajstić information content (AvgIpc) is 3.45. The molecule has 8 heteroatoms. The number of carbonyl (C=O) groups excluding carboxylic acids is 1. The number of ether oxygens (including phenoxy) is 1. The molecule has 0 unspecified atom stereocenters. The van der Waals surface area contributed by atoms with Crippen LogP contribution in [0.2, 0.25) is 20.1 Å². The van der Waals surface area contributed by atoms with E-state index in [1.807, 2.05) is 50.1 Å². The number of benzene rings is 5. The predicted molar refractivity (Wildman–Crippen MR) is 221 cm³/mol. The summed E-state index contributed by atoms with van der Waals surface area (Å²) in [6.07, 6.45) is 5.72. The molecule has 0 aromatic heterocycles. The van der Waals surface area contributed by atoms with Crippen LogP contribution in [0.4, 0.5) is 11.4 Å². The second-order valence-corrected chi connectivity index (χ2v) is 14.8. The van der Waals surface area contributed by atoms with Crippen LogP contribution in [-0.2, 0) is 23.2 Å². The van der Waals surface area contributed by atoms with Gasteiger partial charge >= 0.3 is 5.97 Å². The Hall–Kier alpha value is -4.19. The van der Waals surface area contributed by atoms with Crippen molar-refractivity contribution < 1.29 is 9.53 Å². The molecule has 0 saturated carbocycles. The number of esters is 1. The fourth-order valence-corrected chi connectivity index (χ4v) is 7.58. The Morgan fingerprint density at radius 1 is 0.558 bits per heavy atom. The number of nitrogens with zero attached hydrogens (tertiary/aromatic N) is 2. The number of anilines is 2. The van der Waals surface area contributed by atoms with Gasteiger partial charge in [0.05, 0.1) is 25.7 Å². The minimum absolute atomic E-state index is 0.00269. The zero-order valence-electron chi connectivity index (χ0n) is 30.0. The lowest BCUT2D eigenvalue weighted by atomic mass is 9.82. The smallest absolute Gasteiger partial charge is 0.341 e. The molecule has 0 aliphatic carbocycles. The zero-order valence-corrected chi connectivity index (χ0v) is 33.1. The topological polar surface area (TPSA) is 32.8 Å². The molecule has 0 atom stereocenters. The Bertz CT molecular complexity index is 2060. The maximum atomic E-state index is 14.1. The van der Waals surface area contributed by atoms with Gasteiger partial charge in [-0.05, 0) is 93.8 Å². The minimum atomic E-state index is -1.57. The molecule has 1 aliphatic rings. The quantitative estimate of drug-likeness (QED) is 0.0804. The highest BCUT2D eigenvalue weighted by Gasteiger charge is 2.48. The van der Waals surface area contributed by atoms with Crippen LogP contribution in [0.15, 0.2) is 109 Å². The lowest BCUT2D eigenvalue weighted by Crippen LogP contribution is -2.23. The normalized spacial score (nSPS) is 13.9. The molecule has 0 bridgehead atoms. The van der Waals surface area contributed by atoms with Crippen molar-refractivity contribution in [1.82, 2.24) is 0 Å². The lowest BCUT2D eigenvalue weighted by Gasteiger charge is -2.27. The van der Waals surface area contributed by atoms with Crippen LogP contribution in [0, 0.1) is 0 Å². The van der Waals surface area contributed by atoms with Gasteiger partial charge in [-0.15, -0.1) is 0 Å². The van der Waals surface area contributed by atoms with Crippen molar-refractivity contribution in [3.8, 4) is 0 Å². The Morgan fingerprint density at radius 2 is 0.904 bits per heavy atom. The SMILES string of the molecule is CCc1ccc(/C(=C/C2(/C=C(/c3ccc(CC)cc3)c3ccc(N(C)C)cc3)OC(=O)c3c(Cl)c(Cl)c(Cl)c(Cl)c32)c2ccc(N(C)C)cc2)cc1. The summed E-state index contributed by atoms with van der Waals surface area (Å²) in [6.45, 7) is 4.25. The van der Waals surface area contributed by atoms with Crippen LogP contribution < -0.4 is 9.80 Å². The number of cyclic esters (lactones) is 1. The minimum Gasteiger partial charge on any atom is -0.442 e. The highest BCUT2D eigenvalue weighted by Crippen LogP contribution is 2.53. The third kappa shape index (κ3) is 7.23. The highest BCUT2D eigenvalue weighted by molar-refractivity contribution is 6.53. The molecule has 0 spiro atoms. The molecule has 1 heterocycles. The summed E-state index contributed by atoms with van der Waals surface area (Å²) >= 11 is 27.3. The average molecular weight is 771 g/mol. The van der Waals surface area contributed by atoms with Gasteiger partial charge < -0.3 is 14.5 Å². The van der Waals surface area contributed by atoms with E-state index >= 15 is 0 Å². The Balaban J connectivity index is 1.74. The van der Waals surface area contributed by atoms with Gasteiger partial charge in [0.2, 0.25) is 0 Å². The zero-order chi connectivity index (χ0) is 37.3. The first-order valence-corrected chi connectivity index (χ1v) is 18.7. The summed E-state index contributed by atoms with van der Waals surface area (Å²) in [5.74, 6) is -0.653. The number of fused-ring (bicyclic) bond motifs is 1. The predicted octanol–water partition coefficient (Wildman–Crippen LogP) is 12.2. The van der Waals surface area contributed by atoms with Crippen molar-refractivity contribution in [3.63, 3.8) is 0 Å². The van der Waals surface area contributed by atoms with Crippen molar-refractivity contribution in [2.24, 2.45) is 0 Å². The maximum Gasteiger partial charge on any atom is 0.341 e. The van der Waals surface area contributed by atoms with Crippen LogP contribution >= 0.6 is 46.4 Å². The van der Waals surface area contributed by atoms with E-state index < -0.39 is 11.6 Å². The Kier molecular flexibility index (Phi) is 11.1. The van der Waals surface area contributed by atoms with Gasteiger partial charge in [-0.3, -0.25) is 0 Å². The van der Waals surface area contributed by atoms with Crippen molar-refractivity contribution in [2.75, 3.05) is 38.0 Å². The second kappa shape index (κ2) is 15.4. The van der Waals surface area contributed by atoms with Crippen LogP contribution in [0.25, 0.3) is 11.1 Å². The molecular formula is C44H40Cl4N2O2. The summed E-state index contributed by atoms with van der Waals surface area (Å²) in [4.78, 5) is 18.2. The van der Waals surface area contributed by atoms with Crippen LogP contribution in [0.3, 0.4) is 0 Å². The number of hydrogen-bond donors (Lipinski definition) is 0. The van der Waals surface area contributed by atoms with Gasteiger partial charge in [0.25, 0.3) is 0 Å². The standard InChI is InChI=1S/C44H40Cl4N2O2/c1-7-27-9-13-29(14-10-27)35(31-17-21-33(22-18-31)49(3)4)25-44(38-37(43(51)52-44)39(45)41(47)42(48)40(38)46)26-36(30-15-11-28(8-2)12-16-30)32-19-23-34(24-20-32)50(5)6/h9-26H,7-8H2,1-6H3/b35-25-,36-26-. The van der Waals surface area contributed by atoms with Gasteiger partial charge in [-0.25, -0.2) is 4.79 Å². The van der Waals surface area contributed by atoms with E-state index in [2.05, 4.69) is 111 Å². The number of aryl methyl sites for hydroxylation is 2. The van der Waals surface area contributed by atoms with Gasteiger partial charge in [-0.2, -0.15) is 0 Å². The number of hydrogen-bond acceptors (Lipinski definition) is 4. The highest BCUT2D eigenvalue weighted by atomic mass is 35.5. The molecule has 4 nitrogen and oxygen atoms in total. The molecule has 5 aromatic rings. The van der Waals surface area contributed by atoms with Gasteiger partial charge in [0.1, 0.15) is 0 Å². The fraction of sp³-hybridized carbons (Fsp3) is 0.205. The van der Waals surface area contributed by atoms with Crippen molar-refractivity contribution in [1.29, 1.82) is 0 Å². The summed E-state index contributed by atoms with van der Waals surface area (Å²) in [5, 5.41) is 0.131. The van der Waals surface area contributed by atoms with Crippen LogP contribution in [-0.4, -0.2) is 34.2 Å². The van der Waals surface area contributed by atoms with E-state index in [-0.39, 0.29) is 25.7 Å². The van der Waals surface area contributed by atoms with Gasteiger partial charge in [0, 0.05) is 45.1 Å². The molecule has 266 valence electrons. The molecule has 6 rings (SSSR count). The van der Waals surface area contributed by atoms with Gasteiger partial charge in [0.15, 0.2) is 5.60 Å². The number of carbonyl (C=O) groups is 1. The molecule has 0 amide bonds. The van der Waals surface area contributed by atoms with Crippen molar-refractivity contribution in [3.05, 3.63) is 174 Å². The molecule has 1 aliphatic heterocycles. The first-order valence-electron chi connectivity index (χ1n) is 17.2. The lowest BCUT2D eigenvalue weighted by molar-refractivity contribution is 0.0300. The van der Waals surface area contributed by atoms with E-state index in [0.29, 0.717) is 5.56 Å². The first kappa shape index (κ1) is 37.6. The molecule has 0 N–H and O–H groups in total. The Labute approximate surface area is 326 Å². The van der Waals surface area contributed by atoms with Crippen LogP contribution in [0.1, 0.15) is 63.1 Å². The van der Waals surface area contributed by atoms with E-state index in [1.165, 1.54) is 11.1 Å². The molecule has 0 saturated heterocycles. The number of halogens is 4. The van der Waals surface area contributed by atoms with Crippen molar-refractivity contribution in [2.45, 2.75) is 32.3 Å². The summed E-state index contributed by atoms with van der Waals surface area (Å²) in [7, 11) is 8.02. The third-order valence-electron chi connectivity index (χ3n) is 9.58. The number of rotatable bonds is 10. The van der Waals surface area contributed by atoms with Crippen LogP contribution in [0.5, 0.6) is 0 Å². The molecule has 0 radical (unpaired) electrons. The summed E-state index contributed by atoms with van der Waals surface area (Å²) in [6, 6.07) is 33.3. The molecule has 5 aromatic carbocycles. The monoisotopic (exact) mass is 768 g/mol. The Morgan fingerprint density at radius 3 is 1.25 bits per heavy atom. The maximum absolute atomic E-state index is 14.1. The van der Waals surface area contributed by atoms with E-state index in [1.54, 1.807) is 0 Å². The molecular weight excluding hydrogens is 730 g/mol. The molecule has 52 heavy (non-hydrogen) atoms. The summed E-state index contributed by atoms with van der Waals surface area (Å²) in [5.41, 5.74) is 8.69. The first-order chi connectivity index (χ1) is 24.9. The summed E-state index contributed by atoms with van der Waals surface area (Å²) < 4.78 is 6.56. The largest absolute Gasteiger partial charge is 0.442 e. The van der Waals surface area contributed by atoms with E-state index in [0.717, 1.165) is 57.6 Å². The molecule has 0 fully saturated rings. The second-order valence-electron chi connectivity index (χ2n) is 13.3. The van der Waals surface area contributed by atoms with Gasteiger partial charge in [-0.1, -0.05) is 133 Å². The van der Waals surface area contributed by atoms with Crippen molar-refractivity contribution >= 4 is 74.9 Å². The van der Waals surface area contributed by atoms with E-state index in [9.17, 15) is 4.79 Å². The third-order valence-corrected chi connectivity index (χ3v) is 11.4.